The summed E-state index contributed by atoms with van der Waals surface area (Å²) in [5, 5.41) is 17.9. The van der Waals surface area contributed by atoms with Gasteiger partial charge in [0.25, 0.3) is 5.91 Å². The standard InChI is InChI=1S/C14H24.C7H11N3O3/c1-6-10-11-13(8-3)14(5,9-4)12-7-2;1-9-6(12)3-5(11)7(13)10(2)4-8/h6,8,10-11H,3,7,9,12H2,1-2,4-5H3;3-4,8,11H,1-2H3,(H,9,12)/b10-6-,13-11+;5-3-,8-4?. The number of aliphatic hydroxyl groups excluding tert-OH is 1. The molecule has 0 aliphatic heterocycles. The molecule has 1 atom stereocenters. The second-order valence-electron chi connectivity index (χ2n) is 6.21. The average Bonchev–Trinajstić information content (AvgIpc) is 2.67. The van der Waals surface area contributed by atoms with Crippen LogP contribution in [0.15, 0.2) is 48.3 Å². The van der Waals surface area contributed by atoms with E-state index < -0.39 is 17.6 Å². The Balaban J connectivity index is 0. The van der Waals surface area contributed by atoms with Gasteiger partial charge in [-0.3, -0.25) is 19.9 Å². The number of carbonyl (C=O) groups excluding carboxylic acids is 2. The van der Waals surface area contributed by atoms with Crippen molar-refractivity contribution >= 4 is 18.2 Å². The zero-order valence-corrected chi connectivity index (χ0v) is 17.5. The molecule has 0 saturated heterocycles. The molecule has 6 nitrogen and oxygen atoms in total. The van der Waals surface area contributed by atoms with E-state index in [9.17, 15) is 9.59 Å². The van der Waals surface area contributed by atoms with Crippen LogP contribution in [-0.2, 0) is 9.59 Å². The Hall–Kier alpha value is -2.63. The molecule has 0 aliphatic carbocycles. The van der Waals surface area contributed by atoms with Crippen molar-refractivity contribution in [2.45, 2.75) is 47.0 Å². The minimum absolute atomic E-state index is 0.302. The van der Waals surface area contributed by atoms with Crippen LogP contribution in [0.25, 0.3) is 0 Å². The highest BCUT2D eigenvalue weighted by Gasteiger charge is 2.23. The molecule has 152 valence electrons. The van der Waals surface area contributed by atoms with Crippen LogP contribution in [0.3, 0.4) is 0 Å². The number of allylic oxidation sites excluding steroid dienone is 5. The minimum atomic E-state index is -0.807. The Morgan fingerprint density at radius 3 is 2.30 bits per heavy atom. The largest absolute Gasteiger partial charge is 0.503 e. The van der Waals surface area contributed by atoms with E-state index in [1.807, 2.05) is 13.0 Å². The van der Waals surface area contributed by atoms with E-state index in [-0.39, 0.29) is 0 Å². The van der Waals surface area contributed by atoms with Gasteiger partial charge in [-0.05, 0) is 30.8 Å². The molecule has 0 aromatic carbocycles. The topological polar surface area (TPSA) is 93.5 Å². The van der Waals surface area contributed by atoms with Crippen molar-refractivity contribution < 1.29 is 14.7 Å². The van der Waals surface area contributed by atoms with Gasteiger partial charge in [-0.2, -0.15) is 0 Å². The number of amides is 2. The van der Waals surface area contributed by atoms with Crippen LogP contribution in [-0.4, -0.2) is 42.3 Å². The zero-order valence-electron chi connectivity index (χ0n) is 17.5. The molecular weight excluding hydrogens is 342 g/mol. The second-order valence-corrected chi connectivity index (χ2v) is 6.21. The molecule has 0 spiro atoms. The number of hydrogen-bond donors (Lipinski definition) is 3. The average molecular weight is 378 g/mol. The summed E-state index contributed by atoms with van der Waals surface area (Å²) in [5.74, 6) is -2.09. The van der Waals surface area contributed by atoms with Crippen molar-refractivity contribution in [1.29, 1.82) is 5.41 Å². The Kier molecular flexibility index (Phi) is 14.3. The quantitative estimate of drug-likeness (QED) is 0.185. The highest BCUT2D eigenvalue weighted by atomic mass is 16.3. The molecule has 27 heavy (non-hydrogen) atoms. The summed E-state index contributed by atoms with van der Waals surface area (Å²) in [4.78, 5) is 22.5. The number of carbonyl (C=O) groups is 2. The monoisotopic (exact) mass is 377 g/mol. The lowest BCUT2D eigenvalue weighted by atomic mass is 9.76. The van der Waals surface area contributed by atoms with Crippen LogP contribution in [0.5, 0.6) is 0 Å². The van der Waals surface area contributed by atoms with Gasteiger partial charge in [0.05, 0.1) is 12.4 Å². The first-order valence-corrected chi connectivity index (χ1v) is 9.03. The number of hydrogen-bond acceptors (Lipinski definition) is 4. The van der Waals surface area contributed by atoms with Gasteiger partial charge >= 0.3 is 0 Å². The van der Waals surface area contributed by atoms with E-state index in [1.54, 1.807) is 0 Å². The molecule has 0 aromatic heterocycles. The molecule has 0 rings (SSSR count). The van der Waals surface area contributed by atoms with Crippen molar-refractivity contribution in [1.82, 2.24) is 10.2 Å². The van der Waals surface area contributed by atoms with Crippen LogP contribution < -0.4 is 5.32 Å². The Labute approximate surface area is 163 Å². The van der Waals surface area contributed by atoms with E-state index in [2.05, 4.69) is 50.9 Å². The minimum Gasteiger partial charge on any atom is -0.503 e. The molecule has 0 saturated carbocycles. The summed E-state index contributed by atoms with van der Waals surface area (Å²) in [6.07, 6.45) is 13.5. The molecule has 1 unspecified atom stereocenters. The molecule has 0 radical (unpaired) electrons. The van der Waals surface area contributed by atoms with Crippen LogP contribution >= 0.6 is 0 Å². The lowest BCUT2D eigenvalue weighted by Crippen LogP contribution is -2.27. The lowest BCUT2D eigenvalue weighted by molar-refractivity contribution is -0.125. The van der Waals surface area contributed by atoms with E-state index in [0.29, 0.717) is 5.41 Å². The van der Waals surface area contributed by atoms with Crippen molar-refractivity contribution in [2.75, 3.05) is 14.1 Å². The summed E-state index contributed by atoms with van der Waals surface area (Å²) in [5.41, 5.74) is 1.66. The fraction of sp³-hybridized carbons (Fsp3) is 0.476. The summed E-state index contributed by atoms with van der Waals surface area (Å²) < 4.78 is 0. The Morgan fingerprint density at radius 1 is 1.33 bits per heavy atom. The van der Waals surface area contributed by atoms with E-state index in [4.69, 9.17) is 10.5 Å². The smallest absolute Gasteiger partial charge is 0.293 e. The molecule has 0 heterocycles. The normalized spacial score (nSPS) is 13.9. The molecule has 0 bridgehead atoms. The number of aliphatic hydroxyl groups is 1. The Bertz CT molecular complexity index is 591. The predicted octanol–water partition coefficient (Wildman–Crippen LogP) is 4.13. The summed E-state index contributed by atoms with van der Waals surface area (Å²) in [6.45, 7) is 12.8. The Morgan fingerprint density at radius 2 is 1.93 bits per heavy atom. The number of nitrogens with zero attached hydrogens (tertiary/aromatic N) is 1. The lowest BCUT2D eigenvalue weighted by Gasteiger charge is -2.29. The zero-order chi connectivity index (χ0) is 21.5. The maximum atomic E-state index is 11.0. The van der Waals surface area contributed by atoms with E-state index in [0.717, 1.165) is 17.3 Å². The number of likely N-dealkylation sites (N-methyl/N-ethyl adjacent to an activating group) is 2. The van der Waals surface area contributed by atoms with Gasteiger partial charge in [0.15, 0.2) is 5.76 Å². The third-order valence-electron chi connectivity index (χ3n) is 4.21. The van der Waals surface area contributed by atoms with Crippen LogP contribution in [0.4, 0.5) is 0 Å². The molecule has 2 amide bonds. The maximum absolute atomic E-state index is 11.0. The van der Waals surface area contributed by atoms with Gasteiger partial charge in [0.2, 0.25) is 5.91 Å². The number of rotatable bonds is 9. The van der Waals surface area contributed by atoms with Crippen molar-refractivity contribution in [2.24, 2.45) is 5.41 Å². The highest BCUT2D eigenvalue weighted by Crippen LogP contribution is 2.36. The predicted molar refractivity (Wildman–Crippen MR) is 113 cm³/mol. The molecule has 6 heteroatoms. The van der Waals surface area contributed by atoms with Crippen LogP contribution in [0.2, 0.25) is 0 Å². The van der Waals surface area contributed by atoms with Gasteiger partial charge in [-0.25, -0.2) is 0 Å². The number of nitrogens with one attached hydrogen (secondary N) is 2. The second kappa shape index (κ2) is 14.5. The van der Waals surface area contributed by atoms with E-state index >= 15 is 0 Å². The molecule has 0 fully saturated rings. The molecule has 0 aromatic rings. The third kappa shape index (κ3) is 10.2. The van der Waals surface area contributed by atoms with Crippen molar-refractivity contribution in [3.8, 4) is 0 Å². The molecular formula is C21H35N3O3. The van der Waals surface area contributed by atoms with E-state index in [1.165, 1.54) is 38.9 Å². The first kappa shape index (κ1) is 26.6. The van der Waals surface area contributed by atoms with Crippen LogP contribution in [0.1, 0.15) is 47.0 Å². The van der Waals surface area contributed by atoms with Crippen molar-refractivity contribution in [3.05, 3.63) is 48.3 Å². The van der Waals surface area contributed by atoms with Gasteiger partial charge in [0, 0.05) is 14.1 Å². The first-order valence-electron chi connectivity index (χ1n) is 9.03. The van der Waals surface area contributed by atoms with Gasteiger partial charge in [-0.15, -0.1) is 0 Å². The molecule has 0 aliphatic rings. The summed E-state index contributed by atoms with van der Waals surface area (Å²) >= 11 is 0. The van der Waals surface area contributed by atoms with Crippen molar-refractivity contribution in [3.63, 3.8) is 0 Å². The first-order chi connectivity index (χ1) is 12.7. The van der Waals surface area contributed by atoms with Gasteiger partial charge in [0.1, 0.15) is 0 Å². The highest BCUT2D eigenvalue weighted by molar-refractivity contribution is 6.02. The fourth-order valence-electron chi connectivity index (χ4n) is 2.29. The van der Waals surface area contributed by atoms with Gasteiger partial charge in [-0.1, -0.05) is 58.1 Å². The summed E-state index contributed by atoms with van der Waals surface area (Å²) in [6, 6.07) is 0. The third-order valence-corrected chi connectivity index (χ3v) is 4.21. The molecule has 3 N–H and O–H groups in total. The van der Waals surface area contributed by atoms with Crippen LogP contribution in [0, 0.1) is 10.8 Å². The SMILES string of the molecule is C=C/C(=C\C=C/C)C(C)(CC)CCC.CNC(=O)/C=C(\O)C(=O)N(C)C=N. The fourth-order valence-corrected chi connectivity index (χ4v) is 2.29. The maximum Gasteiger partial charge on any atom is 0.293 e. The van der Waals surface area contributed by atoms with Gasteiger partial charge < -0.3 is 10.4 Å². The summed E-state index contributed by atoms with van der Waals surface area (Å²) in [7, 11) is 2.67.